The Morgan fingerprint density at radius 1 is 1.16 bits per heavy atom. The minimum atomic E-state index is -0.217. The number of methoxy groups -OCH3 is 1. The Hall–Kier alpha value is -3.42. The summed E-state index contributed by atoms with van der Waals surface area (Å²) in [6, 6.07) is 7.66. The Bertz CT molecular complexity index is 1010. The van der Waals surface area contributed by atoms with Crippen LogP contribution in [0.5, 0.6) is 5.75 Å². The van der Waals surface area contributed by atoms with E-state index in [1.807, 2.05) is 52.7 Å². The zero-order valence-corrected chi connectivity index (χ0v) is 13.9. The van der Waals surface area contributed by atoms with Crippen LogP contribution in [0.2, 0.25) is 0 Å². The molecule has 0 aliphatic heterocycles. The van der Waals surface area contributed by atoms with Crippen molar-refractivity contribution in [3.05, 3.63) is 66.8 Å². The van der Waals surface area contributed by atoms with Crippen molar-refractivity contribution >= 4 is 11.5 Å². The van der Waals surface area contributed by atoms with Crippen molar-refractivity contribution in [1.82, 2.24) is 29.1 Å². The van der Waals surface area contributed by atoms with E-state index in [1.54, 1.807) is 25.8 Å². The number of benzene rings is 1. The standard InChI is InChI=1S/C17H17N7O/c1-23-8-6-19-16(23)14(12-4-3-5-13(10-12)25-2)21-15-17-22-20-11-24(17)9-7-18-15/h3-11,14H,1-2H3,(H,18,21)/t14-/m1/s1. The lowest BCUT2D eigenvalue weighted by Crippen LogP contribution is -2.18. The molecule has 1 N–H and O–H groups in total. The summed E-state index contributed by atoms with van der Waals surface area (Å²) >= 11 is 0. The van der Waals surface area contributed by atoms with Crippen molar-refractivity contribution < 1.29 is 4.74 Å². The van der Waals surface area contributed by atoms with Gasteiger partial charge in [0.1, 0.15) is 23.9 Å². The summed E-state index contributed by atoms with van der Waals surface area (Å²) in [6.07, 6.45) is 8.84. The molecule has 8 nitrogen and oxygen atoms in total. The quantitative estimate of drug-likeness (QED) is 0.601. The number of aromatic nitrogens is 6. The highest BCUT2D eigenvalue weighted by Crippen LogP contribution is 2.28. The Morgan fingerprint density at radius 2 is 2.04 bits per heavy atom. The van der Waals surface area contributed by atoms with Crippen LogP contribution >= 0.6 is 0 Å². The van der Waals surface area contributed by atoms with Crippen LogP contribution in [-0.2, 0) is 7.05 Å². The van der Waals surface area contributed by atoms with E-state index in [0.717, 1.165) is 17.1 Å². The van der Waals surface area contributed by atoms with Crippen molar-refractivity contribution in [2.45, 2.75) is 6.04 Å². The third kappa shape index (κ3) is 2.78. The molecule has 0 unspecified atom stereocenters. The molecule has 4 aromatic rings. The zero-order chi connectivity index (χ0) is 17.2. The molecule has 0 fully saturated rings. The van der Waals surface area contributed by atoms with Crippen LogP contribution in [0.1, 0.15) is 17.4 Å². The van der Waals surface area contributed by atoms with Gasteiger partial charge in [0.25, 0.3) is 0 Å². The Morgan fingerprint density at radius 3 is 2.84 bits per heavy atom. The van der Waals surface area contributed by atoms with E-state index in [0.29, 0.717) is 11.5 Å². The number of hydrogen-bond donors (Lipinski definition) is 1. The molecule has 0 aliphatic rings. The first-order valence-electron chi connectivity index (χ1n) is 7.78. The van der Waals surface area contributed by atoms with Crippen LogP contribution in [-0.4, -0.2) is 36.2 Å². The first kappa shape index (κ1) is 15.1. The molecular formula is C17H17N7O. The van der Waals surface area contributed by atoms with Crippen molar-refractivity contribution in [2.24, 2.45) is 7.05 Å². The van der Waals surface area contributed by atoms with Gasteiger partial charge in [-0.1, -0.05) is 12.1 Å². The second kappa shape index (κ2) is 6.23. The topological polar surface area (TPSA) is 82.2 Å². The first-order chi connectivity index (χ1) is 12.3. The predicted molar refractivity (Wildman–Crippen MR) is 92.4 cm³/mol. The molecule has 8 heteroatoms. The van der Waals surface area contributed by atoms with Gasteiger partial charge in [0.15, 0.2) is 5.82 Å². The average Bonchev–Trinajstić information content (AvgIpc) is 3.29. The van der Waals surface area contributed by atoms with E-state index < -0.39 is 0 Å². The van der Waals surface area contributed by atoms with E-state index in [1.165, 1.54) is 0 Å². The molecule has 3 heterocycles. The van der Waals surface area contributed by atoms with E-state index in [-0.39, 0.29) is 6.04 Å². The van der Waals surface area contributed by atoms with Gasteiger partial charge in [0.05, 0.1) is 7.11 Å². The number of fused-ring (bicyclic) bond motifs is 1. The second-order valence-corrected chi connectivity index (χ2v) is 5.59. The van der Waals surface area contributed by atoms with Gasteiger partial charge in [-0.05, 0) is 17.7 Å². The van der Waals surface area contributed by atoms with Gasteiger partial charge in [-0.2, -0.15) is 0 Å². The van der Waals surface area contributed by atoms with Gasteiger partial charge in [0, 0.05) is 31.8 Å². The summed E-state index contributed by atoms with van der Waals surface area (Å²) in [7, 11) is 3.61. The number of hydrogen-bond acceptors (Lipinski definition) is 6. The van der Waals surface area contributed by atoms with Crippen LogP contribution in [0.25, 0.3) is 5.65 Å². The Balaban J connectivity index is 1.80. The Kier molecular flexibility index (Phi) is 3.77. The summed E-state index contributed by atoms with van der Waals surface area (Å²) in [4.78, 5) is 8.92. The molecule has 0 bridgehead atoms. The Labute approximate surface area is 144 Å². The molecule has 1 atom stereocenters. The van der Waals surface area contributed by atoms with E-state index in [4.69, 9.17) is 4.74 Å². The summed E-state index contributed by atoms with van der Waals surface area (Å²) < 4.78 is 9.15. The molecule has 126 valence electrons. The third-order valence-electron chi connectivity index (χ3n) is 4.04. The van der Waals surface area contributed by atoms with Crippen LogP contribution < -0.4 is 10.1 Å². The lowest BCUT2D eigenvalue weighted by atomic mass is 10.1. The minimum absolute atomic E-state index is 0.217. The lowest BCUT2D eigenvalue weighted by molar-refractivity contribution is 0.414. The molecule has 0 amide bonds. The van der Waals surface area contributed by atoms with Gasteiger partial charge in [-0.3, -0.25) is 4.40 Å². The molecule has 25 heavy (non-hydrogen) atoms. The number of anilines is 1. The van der Waals surface area contributed by atoms with Crippen LogP contribution in [0.15, 0.2) is 55.4 Å². The predicted octanol–water partition coefficient (Wildman–Crippen LogP) is 2.07. The molecule has 3 aromatic heterocycles. The molecule has 4 rings (SSSR count). The van der Waals surface area contributed by atoms with Gasteiger partial charge < -0.3 is 14.6 Å². The molecular weight excluding hydrogens is 318 g/mol. The average molecular weight is 335 g/mol. The number of rotatable bonds is 5. The molecule has 0 saturated carbocycles. The molecule has 0 radical (unpaired) electrons. The minimum Gasteiger partial charge on any atom is -0.497 e. The fraction of sp³-hybridized carbons (Fsp3) is 0.176. The zero-order valence-electron chi connectivity index (χ0n) is 13.9. The highest BCUT2D eigenvalue weighted by atomic mass is 16.5. The normalized spacial score (nSPS) is 12.2. The van der Waals surface area contributed by atoms with Gasteiger partial charge in [-0.15, -0.1) is 10.2 Å². The summed E-state index contributed by atoms with van der Waals surface area (Å²) in [6.45, 7) is 0. The summed E-state index contributed by atoms with van der Waals surface area (Å²) in [5, 5.41) is 11.5. The van der Waals surface area contributed by atoms with Crippen LogP contribution in [0, 0.1) is 0 Å². The number of ether oxygens (including phenoxy) is 1. The maximum absolute atomic E-state index is 5.36. The van der Waals surface area contributed by atoms with E-state index in [9.17, 15) is 0 Å². The second-order valence-electron chi connectivity index (χ2n) is 5.59. The fourth-order valence-corrected chi connectivity index (χ4v) is 2.77. The third-order valence-corrected chi connectivity index (χ3v) is 4.04. The van der Waals surface area contributed by atoms with E-state index >= 15 is 0 Å². The lowest BCUT2D eigenvalue weighted by Gasteiger charge is -2.20. The molecule has 0 aliphatic carbocycles. The number of nitrogens with zero attached hydrogens (tertiary/aromatic N) is 6. The van der Waals surface area contributed by atoms with Gasteiger partial charge >= 0.3 is 0 Å². The van der Waals surface area contributed by atoms with Crippen LogP contribution in [0.3, 0.4) is 0 Å². The maximum atomic E-state index is 5.36. The first-order valence-corrected chi connectivity index (χ1v) is 7.78. The monoisotopic (exact) mass is 335 g/mol. The smallest absolute Gasteiger partial charge is 0.203 e. The molecule has 0 spiro atoms. The molecule has 0 saturated heterocycles. The summed E-state index contributed by atoms with van der Waals surface area (Å²) in [5.74, 6) is 2.28. The van der Waals surface area contributed by atoms with Gasteiger partial charge in [0.2, 0.25) is 5.65 Å². The van der Waals surface area contributed by atoms with Crippen molar-refractivity contribution in [3.63, 3.8) is 0 Å². The highest BCUT2D eigenvalue weighted by Gasteiger charge is 2.21. The molecule has 1 aromatic carbocycles. The van der Waals surface area contributed by atoms with Crippen molar-refractivity contribution in [1.29, 1.82) is 0 Å². The van der Waals surface area contributed by atoms with Crippen molar-refractivity contribution in [2.75, 3.05) is 12.4 Å². The van der Waals surface area contributed by atoms with Crippen molar-refractivity contribution in [3.8, 4) is 5.75 Å². The van der Waals surface area contributed by atoms with E-state index in [2.05, 4.69) is 25.5 Å². The fourth-order valence-electron chi connectivity index (χ4n) is 2.77. The van der Waals surface area contributed by atoms with Crippen LogP contribution in [0.4, 0.5) is 5.82 Å². The maximum Gasteiger partial charge on any atom is 0.203 e. The summed E-state index contributed by atoms with van der Waals surface area (Å²) in [5.41, 5.74) is 1.67. The number of nitrogens with one attached hydrogen (secondary N) is 1. The highest BCUT2D eigenvalue weighted by molar-refractivity contribution is 5.63. The van der Waals surface area contributed by atoms with Gasteiger partial charge in [-0.25, -0.2) is 9.97 Å². The largest absolute Gasteiger partial charge is 0.497 e. The number of imidazole rings is 1. The SMILES string of the molecule is COc1cccc([C@@H](Nc2nccn3cnnc23)c2nccn2C)c1. The number of aryl methyl sites for hydroxylation is 1.